The van der Waals surface area contributed by atoms with Crippen molar-refractivity contribution in [1.82, 2.24) is 0 Å². The van der Waals surface area contributed by atoms with Gasteiger partial charge in [0.25, 0.3) is 0 Å². The molecule has 0 aliphatic carbocycles. The van der Waals surface area contributed by atoms with Crippen LogP contribution in [0.4, 0.5) is 0 Å². The normalized spacial score (nSPS) is 13.2. The maximum atomic E-state index is 10.5. The standard InChI is InChI=1S/C12H27NO4S/c1-12(2)6-9-17-10-8-13(3,4)7-5-11-18(14,15)16/h12H,5-11H2,1-4H3. The Labute approximate surface area is 111 Å². The Morgan fingerprint density at radius 1 is 1.17 bits per heavy atom. The van der Waals surface area contributed by atoms with E-state index in [0.717, 1.165) is 19.6 Å². The van der Waals surface area contributed by atoms with Crippen molar-refractivity contribution in [2.45, 2.75) is 26.7 Å². The monoisotopic (exact) mass is 281 g/mol. The first kappa shape index (κ1) is 17.8. The van der Waals surface area contributed by atoms with Gasteiger partial charge in [-0.3, -0.25) is 0 Å². The second-order valence-corrected chi connectivity index (χ2v) is 7.32. The number of ether oxygens (including phenoxy) is 1. The highest BCUT2D eigenvalue weighted by Crippen LogP contribution is 2.02. The Bertz CT molecular complexity index is 312. The molecular formula is C12H27NO4S. The number of hydrogen-bond acceptors (Lipinski definition) is 4. The summed E-state index contributed by atoms with van der Waals surface area (Å²) in [5, 5.41) is 0. The Morgan fingerprint density at radius 2 is 1.78 bits per heavy atom. The van der Waals surface area contributed by atoms with Crippen LogP contribution in [0.15, 0.2) is 0 Å². The zero-order chi connectivity index (χ0) is 14.2. The number of likely N-dealkylation sites (N-methyl/N-ethyl adjacent to an activating group) is 1. The summed E-state index contributed by atoms with van der Waals surface area (Å²) >= 11 is 0. The first-order valence-electron chi connectivity index (χ1n) is 6.46. The molecule has 0 spiro atoms. The van der Waals surface area contributed by atoms with Gasteiger partial charge in [-0.25, -0.2) is 8.42 Å². The first-order chi connectivity index (χ1) is 8.12. The van der Waals surface area contributed by atoms with E-state index in [-0.39, 0.29) is 5.75 Å². The van der Waals surface area contributed by atoms with Crippen molar-refractivity contribution < 1.29 is 22.2 Å². The minimum absolute atomic E-state index is 0.275. The Kier molecular flexibility index (Phi) is 8.02. The van der Waals surface area contributed by atoms with Gasteiger partial charge in [-0.2, -0.15) is 0 Å². The second kappa shape index (κ2) is 8.09. The predicted molar refractivity (Wildman–Crippen MR) is 71.3 cm³/mol. The van der Waals surface area contributed by atoms with E-state index < -0.39 is 10.1 Å². The van der Waals surface area contributed by atoms with Crippen LogP contribution in [-0.4, -0.2) is 63.6 Å². The third-order valence-corrected chi connectivity index (χ3v) is 3.63. The van der Waals surface area contributed by atoms with E-state index in [4.69, 9.17) is 4.74 Å². The lowest BCUT2D eigenvalue weighted by molar-refractivity contribution is -0.890. The summed E-state index contributed by atoms with van der Waals surface area (Å²) in [4.78, 5) is 0. The quantitative estimate of drug-likeness (QED) is 0.341. The van der Waals surface area contributed by atoms with E-state index in [1.165, 1.54) is 0 Å². The topological polar surface area (TPSA) is 66.4 Å². The molecule has 0 aromatic carbocycles. The van der Waals surface area contributed by atoms with Crippen LogP contribution in [-0.2, 0) is 14.9 Å². The van der Waals surface area contributed by atoms with Crippen molar-refractivity contribution in [2.75, 3.05) is 46.2 Å². The van der Waals surface area contributed by atoms with Crippen LogP contribution in [0.25, 0.3) is 0 Å². The number of quaternary nitrogens is 1. The molecule has 6 heteroatoms. The van der Waals surface area contributed by atoms with Gasteiger partial charge in [0, 0.05) is 18.8 Å². The van der Waals surface area contributed by atoms with E-state index in [9.17, 15) is 13.0 Å². The lowest BCUT2D eigenvalue weighted by Crippen LogP contribution is -2.43. The summed E-state index contributed by atoms with van der Waals surface area (Å²) in [7, 11) is -0.0423. The van der Waals surface area contributed by atoms with Crippen LogP contribution in [0.2, 0.25) is 0 Å². The minimum atomic E-state index is -4.08. The summed E-state index contributed by atoms with van der Waals surface area (Å²) in [5.41, 5.74) is 0. The molecule has 0 heterocycles. The van der Waals surface area contributed by atoms with Crippen LogP contribution < -0.4 is 0 Å². The highest BCUT2D eigenvalue weighted by molar-refractivity contribution is 7.85. The fourth-order valence-electron chi connectivity index (χ4n) is 1.51. The molecule has 0 unspecified atom stereocenters. The fourth-order valence-corrected chi connectivity index (χ4v) is 2.00. The lowest BCUT2D eigenvalue weighted by atomic mass is 10.1. The van der Waals surface area contributed by atoms with Crippen LogP contribution in [0, 0.1) is 5.92 Å². The molecule has 0 rings (SSSR count). The van der Waals surface area contributed by atoms with Crippen LogP contribution in [0.1, 0.15) is 26.7 Å². The van der Waals surface area contributed by atoms with Crippen molar-refractivity contribution in [3.63, 3.8) is 0 Å². The molecule has 5 nitrogen and oxygen atoms in total. The minimum Gasteiger partial charge on any atom is -0.748 e. The molecule has 110 valence electrons. The van der Waals surface area contributed by atoms with Gasteiger partial charge in [-0.15, -0.1) is 0 Å². The third-order valence-electron chi connectivity index (χ3n) is 2.84. The molecule has 0 fully saturated rings. The molecule has 0 aliphatic rings. The highest BCUT2D eigenvalue weighted by Gasteiger charge is 2.14. The average molecular weight is 281 g/mol. The SMILES string of the molecule is CC(C)CCOCC[N+](C)(C)CCCS(=O)(=O)[O-]. The van der Waals surface area contributed by atoms with Gasteiger partial charge in [-0.1, -0.05) is 13.8 Å². The van der Waals surface area contributed by atoms with Gasteiger partial charge < -0.3 is 13.8 Å². The van der Waals surface area contributed by atoms with Crippen molar-refractivity contribution in [2.24, 2.45) is 5.92 Å². The fraction of sp³-hybridized carbons (Fsp3) is 1.00. The van der Waals surface area contributed by atoms with E-state index in [1.807, 2.05) is 14.1 Å². The molecule has 0 saturated heterocycles. The number of rotatable bonds is 10. The van der Waals surface area contributed by atoms with Gasteiger partial charge in [0.15, 0.2) is 0 Å². The molecule has 0 amide bonds. The summed E-state index contributed by atoms with van der Waals surface area (Å²) < 4.78 is 37.7. The van der Waals surface area contributed by atoms with Gasteiger partial charge in [-0.05, 0) is 12.3 Å². The molecule has 0 bridgehead atoms. The van der Waals surface area contributed by atoms with Gasteiger partial charge in [0.2, 0.25) is 0 Å². The molecule has 0 aliphatic heterocycles. The number of hydrogen-bond donors (Lipinski definition) is 0. The molecule has 0 radical (unpaired) electrons. The van der Waals surface area contributed by atoms with E-state index >= 15 is 0 Å². The number of nitrogens with zero attached hydrogens (tertiary/aromatic N) is 1. The van der Waals surface area contributed by atoms with E-state index in [2.05, 4.69) is 13.8 Å². The molecule has 0 saturated carbocycles. The van der Waals surface area contributed by atoms with Crippen molar-refractivity contribution in [1.29, 1.82) is 0 Å². The second-order valence-electron chi connectivity index (χ2n) is 5.79. The van der Waals surface area contributed by atoms with Gasteiger partial charge in [0.05, 0.1) is 37.4 Å². The summed E-state index contributed by atoms with van der Waals surface area (Å²) in [6.07, 6.45) is 1.46. The van der Waals surface area contributed by atoms with Crippen molar-refractivity contribution in [3.05, 3.63) is 0 Å². The lowest BCUT2D eigenvalue weighted by Gasteiger charge is -2.29. The molecular weight excluding hydrogens is 254 g/mol. The molecule has 18 heavy (non-hydrogen) atoms. The zero-order valence-electron chi connectivity index (χ0n) is 12.0. The largest absolute Gasteiger partial charge is 0.748 e. The smallest absolute Gasteiger partial charge is 0.102 e. The summed E-state index contributed by atoms with van der Waals surface area (Å²) in [5.74, 6) is 0.373. The highest BCUT2D eigenvalue weighted by atomic mass is 32.2. The van der Waals surface area contributed by atoms with Crippen LogP contribution in [0.3, 0.4) is 0 Å². The van der Waals surface area contributed by atoms with Crippen LogP contribution >= 0.6 is 0 Å². The Morgan fingerprint density at radius 3 is 2.28 bits per heavy atom. The molecule has 0 N–H and O–H groups in total. The maximum absolute atomic E-state index is 10.5. The van der Waals surface area contributed by atoms with Crippen LogP contribution in [0.5, 0.6) is 0 Å². The third kappa shape index (κ3) is 12.3. The zero-order valence-corrected chi connectivity index (χ0v) is 12.8. The Balaban J connectivity index is 3.67. The van der Waals surface area contributed by atoms with E-state index in [1.54, 1.807) is 0 Å². The maximum Gasteiger partial charge on any atom is 0.102 e. The molecule has 0 atom stereocenters. The van der Waals surface area contributed by atoms with Gasteiger partial charge in [0.1, 0.15) is 6.54 Å². The van der Waals surface area contributed by atoms with Crippen molar-refractivity contribution >= 4 is 10.1 Å². The summed E-state index contributed by atoms with van der Waals surface area (Å²) in [6, 6.07) is 0. The van der Waals surface area contributed by atoms with Gasteiger partial charge >= 0.3 is 0 Å². The molecule has 0 aromatic rings. The van der Waals surface area contributed by atoms with Crippen molar-refractivity contribution in [3.8, 4) is 0 Å². The average Bonchev–Trinajstić information content (AvgIpc) is 2.13. The van der Waals surface area contributed by atoms with E-state index in [0.29, 0.717) is 30.0 Å². The molecule has 0 aromatic heterocycles. The predicted octanol–water partition coefficient (Wildman–Crippen LogP) is 1.06. The summed E-state index contributed by atoms with van der Waals surface area (Å²) in [6.45, 7) is 7.27. The Hall–Kier alpha value is -0.170. The first-order valence-corrected chi connectivity index (χ1v) is 8.03.